The Balaban J connectivity index is 1.99. The Labute approximate surface area is 119 Å². The normalized spacial score (nSPS) is 17.6. The number of hydrogen-bond donors (Lipinski definition) is 1. The first-order valence-electron chi connectivity index (χ1n) is 6.63. The molecule has 1 aromatic rings. The van der Waals surface area contributed by atoms with Crippen LogP contribution in [0.2, 0.25) is 0 Å². The maximum atomic E-state index is 12.4. The molecule has 1 aliphatic rings. The average molecular weight is 303 g/mol. The van der Waals surface area contributed by atoms with Gasteiger partial charge in [-0.2, -0.15) is 13.2 Å². The number of H-pyrrole nitrogens is 1. The molecular formula is C13H16F3N3O2. The van der Waals surface area contributed by atoms with E-state index >= 15 is 0 Å². The number of alkyl halides is 3. The maximum absolute atomic E-state index is 12.4. The van der Waals surface area contributed by atoms with Gasteiger partial charge in [-0.3, -0.25) is 14.5 Å². The number of amides is 1. The first kappa shape index (κ1) is 15.6. The molecule has 1 saturated heterocycles. The fraction of sp³-hybridized carbons (Fsp3) is 0.538. The minimum atomic E-state index is -4.23. The zero-order valence-electron chi connectivity index (χ0n) is 11.3. The van der Waals surface area contributed by atoms with Crippen molar-refractivity contribution in [1.29, 1.82) is 0 Å². The molecule has 2 heterocycles. The van der Waals surface area contributed by atoms with E-state index in [-0.39, 0.29) is 30.2 Å². The van der Waals surface area contributed by atoms with Crippen LogP contribution < -0.4 is 5.56 Å². The lowest BCUT2D eigenvalue weighted by atomic mass is 10.3. The Morgan fingerprint density at radius 2 is 1.95 bits per heavy atom. The second kappa shape index (κ2) is 6.30. The smallest absolute Gasteiger partial charge is 0.336 e. The van der Waals surface area contributed by atoms with E-state index in [9.17, 15) is 22.8 Å². The summed E-state index contributed by atoms with van der Waals surface area (Å²) in [5.41, 5.74) is -0.221. The van der Waals surface area contributed by atoms with Gasteiger partial charge < -0.3 is 9.88 Å². The van der Waals surface area contributed by atoms with Crippen LogP contribution in [-0.4, -0.2) is 59.6 Å². The first-order chi connectivity index (χ1) is 9.85. The standard InChI is InChI=1S/C13H16F3N3O2/c14-13(15,16)9-18-5-2-6-19(8-7-18)12(21)10-3-1-4-11(20)17-10/h1,3-4H,2,5-9H2,(H,17,20). The van der Waals surface area contributed by atoms with Gasteiger partial charge in [0.25, 0.3) is 5.91 Å². The van der Waals surface area contributed by atoms with Crippen molar-refractivity contribution in [3.63, 3.8) is 0 Å². The molecule has 1 N–H and O–H groups in total. The van der Waals surface area contributed by atoms with E-state index in [1.165, 1.54) is 28.0 Å². The SMILES string of the molecule is O=C(c1cccc(=O)[nH]1)N1CCCN(CC(F)(F)F)CC1. The summed E-state index contributed by atoms with van der Waals surface area (Å²) in [6.45, 7) is 0.101. The van der Waals surface area contributed by atoms with Crippen LogP contribution in [0.25, 0.3) is 0 Å². The van der Waals surface area contributed by atoms with Crippen molar-refractivity contribution in [2.75, 3.05) is 32.7 Å². The minimum Gasteiger partial charge on any atom is -0.336 e. The molecule has 0 spiro atoms. The highest BCUT2D eigenvalue weighted by Gasteiger charge is 2.32. The van der Waals surface area contributed by atoms with Gasteiger partial charge in [-0.1, -0.05) is 6.07 Å². The van der Waals surface area contributed by atoms with Crippen molar-refractivity contribution in [2.45, 2.75) is 12.6 Å². The summed E-state index contributed by atoms with van der Waals surface area (Å²) in [6.07, 6.45) is -3.76. The summed E-state index contributed by atoms with van der Waals surface area (Å²) in [4.78, 5) is 28.6. The van der Waals surface area contributed by atoms with Gasteiger partial charge in [-0.15, -0.1) is 0 Å². The Hall–Kier alpha value is -1.83. The molecule has 1 aromatic heterocycles. The van der Waals surface area contributed by atoms with Crippen LogP contribution in [0.4, 0.5) is 13.2 Å². The molecule has 0 saturated carbocycles. The lowest BCUT2D eigenvalue weighted by Crippen LogP contribution is -2.39. The second-order valence-corrected chi connectivity index (χ2v) is 4.97. The number of nitrogens with one attached hydrogen (secondary N) is 1. The lowest BCUT2D eigenvalue weighted by Gasteiger charge is -2.22. The number of carbonyl (C=O) groups is 1. The van der Waals surface area contributed by atoms with Gasteiger partial charge >= 0.3 is 6.18 Å². The molecule has 21 heavy (non-hydrogen) atoms. The van der Waals surface area contributed by atoms with Crippen LogP contribution in [0.5, 0.6) is 0 Å². The number of aromatic nitrogens is 1. The predicted octanol–water partition coefficient (Wildman–Crippen LogP) is 1.09. The largest absolute Gasteiger partial charge is 0.401 e. The molecule has 0 atom stereocenters. The lowest BCUT2D eigenvalue weighted by molar-refractivity contribution is -0.145. The number of aromatic amines is 1. The Bertz CT molecular complexity index is 556. The topological polar surface area (TPSA) is 56.4 Å². The Morgan fingerprint density at radius 3 is 2.62 bits per heavy atom. The van der Waals surface area contributed by atoms with Crippen molar-refractivity contribution in [3.05, 3.63) is 34.2 Å². The minimum absolute atomic E-state index is 0.159. The van der Waals surface area contributed by atoms with E-state index in [4.69, 9.17) is 0 Å². The number of rotatable bonds is 2. The molecule has 116 valence electrons. The number of hydrogen-bond acceptors (Lipinski definition) is 3. The molecule has 1 fully saturated rings. The van der Waals surface area contributed by atoms with Crippen molar-refractivity contribution < 1.29 is 18.0 Å². The van der Waals surface area contributed by atoms with Gasteiger partial charge in [0.1, 0.15) is 5.69 Å². The maximum Gasteiger partial charge on any atom is 0.401 e. The van der Waals surface area contributed by atoms with Crippen LogP contribution in [0, 0.1) is 0 Å². The van der Waals surface area contributed by atoms with E-state index < -0.39 is 12.7 Å². The molecule has 0 aliphatic carbocycles. The Morgan fingerprint density at radius 1 is 1.19 bits per heavy atom. The fourth-order valence-electron chi connectivity index (χ4n) is 2.33. The number of pyridine rings is 1. The third kappa shape index (κ3) is 4.59. The molecular weight excluding hydrogens is 287 g/mol. The van der Waals surface area contributed by atoms with E-state index in [2.05, 4.69) is 4.98 Å². The van der Waals surface area contributed by atoms with Gasteiger partial charge in [-0.25, -0.2) is 0 Å². The van der Waals surface area contributed by atoms with Crippen LogP contribution in [-0.2, 0) is 0 Å². The van der Waals surface area contributed by atoms with Gasteiger partial charge in [0, 0.05) is 32.2 Å². The molecule has 1 aliphatic heterocycles. The molecule has 5 nitrogen and oxygen atoms in total. The quantitative estimate of drug-likeness (QED) is 0.889. The van der Waals surface area contributed by atoms with Crippen molar-refractivity contribution in [3.8, 4) is 0 Å². The monoisotopic (exact) mass is 303 g/mol. The number of halogens is 3. The van der Waals surface area contributed by atoms with Crippen molar-refractivity contribution in [1.82, 2.24) is 14.8 Å². The summed E-state index contributed by atoms with van der Waals surface area (Å²) in [6, 6.07) is 4.26. The number of nitrogens with zero attached hydrogens (tertiary/aromatic N) is 2. The Kier molecular flexibility index (Phi) is 4.66. The third-order valence-corrected chi connectivity index (χ3v) is 3.28. The molecule has 0 bridgehead atoms. The van der Waals surface area contributed by atoms with Crippen LogP contribution >= 0.6 is 0 Å². The molecule has 2 rings (SSSR count). The highest BCUT2D eigenvalue weighted by atomic mass is 19.4. The summed E-state index contributed by atoms with van der Waals surface area (Å²) in [5.74, 6) is -0.360. The molecule has 0 aromatic carbocycles. The van der Waals surface area contributed by atoms with Gasteiger partial charge in [0.2, 0.25) is 5.56 Å². The molecule has 0 unspecified atom stereocenters. The van der Waals surface area contributed by atoms with Gasteiger partial charge in [-0.05, 0) is 12.5 Å². The highest BCUT2D eigenvalue weighted by Crippen LogP contribution is 2.17. The summed E-state index contributed by atoms with van der Waals surface area (Å²) in [7, 11) is 0. The van der Waals surface area contributed by atoms with E-state index in [0.717, 1.165) is 0 Å². The van der Waals surface area contributed by atoms with Gasteiger partial charge in [0.05, 0.1) is 6.54 Å². The third-order valence-electron chi connectivity index (χ3n) is 3.28. The zero-order valence-corrected chi connectivity index (χ0v) is 11.3. The van der Waals surface area contributed by atoms with Crippen molar-refractivity contribution in [2.24, 2.45) is 0 Å². The molecule has 8 heteroatoms. The van der Waals surface area contributed by atoms with Gasteiger partial charge in [0.15, 0.2) is 0 Å². The second-order valence-electron chi connectivity index (χ2n) is 4.97. The molecule has 0 radical (unpaired) electrons. The van der Waals surface area contributed by atoms with Crippen LogP contribution in [0.1, 0.15) is 16.9 Å². The van der Waals surface area contributed by atoms with Crippen LogP contribution in [0.15, 0.2) is 23.0 Å². The predicted molar refractivity (Wildman–Crippen MR) is 70.1 cm³/mol. The van der Waals surface area contributed by atoms with E-state index in [1.807, 2.05) is 0 Å². The summed E-state index contributed by atoms with van der Waals surface area (Å²) < 4.78 is 37.1. The zero-order chi connectivity index (χ0) is 15.5. The molecule has 1 amide bonds. The van der Waals surface area contributed by atoms with E-state index in [0.29, 0.717) is 19.5 Å². The highest BCUT2D eigenvalue weighted by molar-refractivity contribution is 5.92. The summed E-state index contributed by atoms with van der Waals surface area (Å²) >= 11 is 0. The van der Waals surface area contributed by atoms with E-state index in [1.54, 1.807) is 0 Å². The summed E-state index contributed by atoms with van der Waals surface area (Å²) in [5, 5.41) is 0. The number of carbonyl (C=O) groups excluding carboxylic acids is 1. The first-order valence-corrected chi connectivity index (χ1v) is 6.63. The fourth-order valence-corrected chi connectivity index (χ4v) is 2.33. The van der Waals surface area contributed by atoms with Crippen LogP contribution in [0.3, 0.4) is 0 Å². The van der Waals surface area contributed by atoms with Crippen molar-refractivity contribution >= 4 is 5.91 Å². The average Bonchev–Trinajstić information content (AvgIpc) is 2.61.